The van der Waals surface area contributed by atoms with Crippen molar-refractivity contribution in [2.24, 2.45) is 0 Å². The molecule has 1 atom stereocenters. The van der Waals surface area contributed by atoms with Crippen LogP contribution in [0.5, 0.6) is 5.75 Å². The molecular weight excluding hydrogens is 270 g/mol. The van der Waals surface area contributed by atoms with Crippen LogP contribution in [0, 0.1) is 10.1 Å². The topological polar surface area (TPSA) is 72.6 Å². The minimum Gasteiger partial charge on any atom is -0.489 e. The van der Waals surface area contributed by atoms with Gasteiger partial charge < -0.3 is 9.84 Å². The zero-order chi connectivity index (χ0) is 14.8. The summed E-state index contributed by atoms with van der Waals surface area (Å²) in [5.74, 6) is 0.717. The lowest BCUT2D eigenvalue weighted by Gasteiger charge is -2.09. The largest absolute Gasteiger partial charge is 0.489 e. The fourth-order valence-electron chi connectivity index (χ4n) is 2.59. The first-order valence-electron chi connectivity index (χ1n) is 6.80. The summed E-state index contributed by atoms with van der Waals surface area (Å²) in [6.07, 6.45) is 1.24. The van der Waals surface area contributed by atoms with Gasteiger partial charge in [0.15, 0.2) is 0 Å². The van der Waals surface area contributed by atoms with Crippen molar-refractivity contribution in [2.75, 3.05) is 0 Å². The number of aliphatic hydroxyl groups is 1. The third-order valence-electron chi connectivity index (χ3n) is 3.69. The molecule has 21 heavy (non-hydrogen) atoms. The highest BCUT2D eigenvalue weighted by Crippen LogP contribution is 2.33. The highest BCUT2D eigenvalue weighted by atomic mass is 16.6. The summed E-state index contributed by atoms with van der Waals surface area (Å²) in [5.41, 5.74) is 2.90. The van der Waals surface area contributed by atoms with Crippen LogP contribution in [0.15, 0.2) is 42.5 Å². The normalized spacial score (nSPS) is 16.5. The van der Waals surface area contributed by atoms with E-state index in [0.29, 0.717) is 5.75 Å². The first-order valence-corrected chi connectivity index (χ1v) is 6.80. The van der Waals surface area contributed by atoms with Crippen molar-refractivity contribution < 1.29 is 14.8 Å². The van der Waals surface area contributed by atoms with Gasteiger partial charge in [-0.25, -0.2) is 0 Å². The number of hydrogen-bond donors (Lipinski definition) is 1. The monoisotopic (exact) mass is 285 g/mol. The van der Waals surface area contributed by atoms with Gasteiger partial charge in [0, 0.05) is 12.1 Å². The van der Waals surface area contributed by atoms with Crippen LogP contribution < -0.4 is 4.74 Å². The van der Waals surface area contributed by atoms with Crippen molar-refractivity contribution in [3.05, 3.63) is 69.3 Å². The van der Waals surface area contributed by atoms with Gasteiger partial charge in [0.25, 0.3) is 5.69 Å². The Balaban J connectivity index is 1.71. The van der Waals surface area contributed by atoms with Crippen molar-refractivity contribution in [1.82, 2.24) is 0 Å². The predicted octanol–water partition coefficient (Wildman–Crippen LogP) is 3.15. The molecule has 0 spiro atoms. The minimum atomic E-state index is -0.416. The van der Waals surface area contributed by atoms with Crippen molar-refractivity contribution >= 4 is 5.69 Å². The number of benzene rings is 2. The molecule has 0 bridgehead atoms. The van der Waals surface area contributed by atoms with E-state index in [0.717, 1.165) is 29.5 Å². The van der Waals surface area contributed by atoms with E-state index in [-0.39, 0.29) is 18.4 Å². The van der Waals surface area contributed by atoms with E-state index in [1.54, 1.807) is 12.1 Å². The van der Waals surface area contributed by atoms with Gasteiger partial charge in [0.05, 0.1) is 11.0 Å². The fraction of sp³-hybridized carbons (Fsp3) is 0.250. The molecule has 3 rings (SSSR count). The third kappa shape index (κ3) is 2.87. The van der Waals surface area contributed by atoms with E-state index < -0.39 is 4.92 Å². The van der Waals surface area contributed by atoms with Gasteiger partial charge in [-0.05, 0) is 41.7 Å². The molecule has 0 aliphatic heterocycles. The van der Waals surface area contributed by atoms with E-state index in [4.69, 9.17) is 4.74 Å². The number of non-ortho nitro benzene ring substituents is 1. The summed E-state index contributed by atoms with van der Waals surface area (Å²) in [6.45, 7) is 0.281. The highest BCUT2D eigenvalue weighted by Gasteiger charge is 2.20. The van der Waals surface area contributed by atoms with Crippen molar-refractivity contribution in [3.8, 4) is 5.75 Å². The number of aryl methyl sites for hydroxylation is 1. The van der Waals surface area contributed by atoms with Crippen LogP contribution in [-0.2, 0) is 13.0 Å². The molecule has 0 saturated heterocycles. The van der Waals surface area contributed by atoms with Gasteiger partial charge in [0.1, 0.15) is 12.4 Å². The molecule has 5 heteroatoms. The number of ether oxygens (including phenoxy) is 1. The first-order chi connectivity index (χ1) is 10.1. The summed E-state index contributed by atoms with van der Waals surface area (Å²) in [4.78, 5) is 10.3. The van der Waals surface area contributed by atoms with E-state index >= 15 is 0 Å². The molecule has 1 aliphatic carbocycles. The van der Waals surface area contributed by atoms with Crippen LogP contribution >= 0.6 is 0 Å². The van der Waals surface area contributed by atoms with Gasteiger partial charge in [-0.3, -0.25) is 10.1 Å². The molecule has 0 unspecified atom stereocenters. The quantitative estimate of drug-likeness (QED) is 0.691. The van der Waals surface area contributed by atoms with Crippen LogP contribution in [0.3, 0.4) is 0 Å². The van der Waals surface area contributed by atoms with Gasteiger partial charge in [-0.2, -0.15) is 0 Å². The molecule has 0 radical (unpaired) electrons. The lowest BCUT2D eigenvalue weighted by molar-refractivity contribution is -0.384. The second kappa shape index (κ2) is 5.54. The standard InChI is InChI=1S/C16H15NO4/c18-16-7-4-12-9-14(5-6-15(12)16)21-10-11-2-1-3-13(8-11)17(19)20/h1-3,5-6,8-9,16,18H,4,7,10H2/t16-/m0/s1. The third-order valence-corrected chi connectivity index (χ3v) is 3.69. The molecular formula is C16H15NO4. The number of nitro benzene ring substituents is 1. The number of rotatable bonds is 4. The maximum atomic E-state index is 10.7. The Kier molecular flexibility index (Phi) is 3.58. The Morgan fingerprint density at radius 2 is 2.14 bits per heavy atom. The number of nitrogens with zero attached hydrogens (tertiary/aromatic N) is 1. The Morgan fingerprint density at radius 1 is 1.29 bits per heavy atom. The molecule has 0 amide bonds. The summed E-state index contributed by atoms with van der Waals surface area (Å²) in [7, 11) is 0. The number of fused-ring (bicyclic) bond motifs is 1. The summed E-state index contributed by atoms with van der Waals surface area (Å²) in [6, 6.07) is 12.1. The zero-order valence-electron chi connectivity index (χ0n) is 11.4. The molecule has 2 aromatic carbocycles. The molecule has 0 heterocycles. The lowest BCUT2D eigenvalue weighted by atomic mass is 10.1. The van der Waals surface area contributed by atoms with Crippen molar-refractivity contribution in [3.63, 3.8) is 0 Å². The first kappa shape index (κ1) is 13.6. The molecule has 1 N–H and O–H groups in total. The second-order valence-corrected chi connectivity index (χ2v) is 5.13. The maximum absolute atomic E-state index is 10.7. The SMILES string of the molecule is O=[N+]([O-])c1cccc(COc2ccc3c(c2)CC[C@@H]3O)c1. The lowest BCUT2D eigenvalue weighted by Crippen LogP contribution is -1.98. The highest BCUT2D eigenvalue weighted by molar-refractivity contribution is 5.40. The zero-order valence-corrected chi connectivity index (χ0v) is 11.4. The minimum absolute atomic E-state index is 0.0631. The molecule has 5 nitrogen and oxygen atoms in total. The number of nitro groups is 1. The van der Waals surface area contributed by atoms with Crippen LogP contribution in [0.1, 0.15) is 29.2 Å². The number of aliphatic hydroxyl groups excluding tert-OH is 1. The Morgan fingerprint density at radius 3 is 2.95 bits per heavy atom. The summed E-state index contributed by atoms with van der Waals surface area (Å²) >= 11 is 0. The fourth-order valence-corrected chi connectivity index (χ4v) is 2.59. The van der Waals surface area contributed by atoms with E-state index in [9.17, 15) is 15.2 Å². The van der Waals surface area contributed by atoms with E-state index in [1.165, 1.54) is 12.1 Å². The van der Waals surface area contributed by atoms with Gasteiger partial charge >= 0.3 is 0 Å². The molecule has 0 fully saturated rings. The van der Waals surface area contributed by atoms with Gasteiger partial charge in [0.2, 0.25) is 0 Å². The van der Waals surface area contributed by atoms with E-state index in [1.807, 2.05) is 18.2 Å². The molecule has 1 aliphatic rings. The molecule has 0 saturated carbocycles. The van der Waals surface area contributed by atoms with Crippen LogP contribution in [-0.4, -0.2) is 10.0 Å². The molecule has 108 valence electrons. The molecule has 2 aromatic rings. The average molecular weight is 285 g/mol. The van der Waals surface area contributed by atoms with E-state index in [2.05, 4.69) is 0 Å². The van der Waals surface area contributed by atoms with Crippen molar-refractivity contribution in [1.29, 1.82) is 0 Å². The van der Waals surface area contributed by atoms with Crippen LogP contribution in [0.2, 0.25) is 0 Å². The number of hydrogen-bond acceptors (Lipinski definition) is 4. The maximum Gasteiger partial charge on any atom is 0.269 e. The van der Waals surface area contributed by atoms with Crippen molar-refractivity contribution in [2.45, 2.75) is 25.6 Å². The Hall–Kier alpha value is -2.40. The predicted molar refractivity (Wildman–Crippen MR) is 77.2 cm³/mol. The Labute approximate surface area is 122 Å². The summed E-state index contributed by atoms with van der Waals surface area (Å²) < 4.78 is 5.68. The average Bonchev–Trinajstić information content (AvgIpc) is 2.86. The second-order valence-electron chi connectivity index (χ2n) is 5.13. The van der Waals surface area contributed by atoms with Gasteiger partial charge in [-0.15, -0.1) is 0 Å². The molecule has 0 aromatic heterocycles. The summed E-state index contributed by atoms with van der Waals surface area (Å²) in [5, 5.41) is 20.5. The van der Waals surface area contributed by atoms with Gasteiger partial charge in [-0.1, -0.05) is 18.2 Å². The van der Waals surface area contributed by atoms with Crippen LogP contribution in [0.4, 0.5) is 5.69 Å². The Bertz CT molecular complexity index is 684. The van der Waals surface area contributed by atoms with Crippen LogP contribution in [0.25, 0.3) is 0 Å². The smallest absolute Gasteiger partial charge is 0.269 e.